The van der Waals surface area contributed by atoms with E-state index in [-0.39, 0.29) is 5.71 Å². The van der Waals surface area contributed by atoms with E-state index in [0.717, 1.165) is 10.9 Å². The van der Waals surface area contributed by atoms with Crippen molar-refractivity contribution in [2.45, 2.75) is 0 Å². The van der Waals surface area contributed by atoms with Crippen LogP contribution in [0.1, 0.15) is 5.69 Å². The van der Waals surface area contributed by atoms with Crippen molar-refractivity contribution in [3.05, 3.63) is 60.3 Å². The summed E-state index contributed by atoms with van der Waals surface area (Å²) >= 11 is 0. The topological polar surface area (TPSA) is 79.5 Å². The number of anilines is 1. The van der Waals surface area contributed by atoms with Gasteiger partial charge in [0, 0.05) is 11.5 Å². The molecule has 124 valence electrons. The van der Waals surface area contributed by atoms with Crippen LogP contribution in [-0.2, 0) is 0 Å². The smallest absolute Gasteiger partial charge is 0.186 e. The van der Waals surface area contributed by atoms with Gasteiger partial charge >= 0.3 is 0 Å². The average molecular weight is 332 g/mol. The van der Waals surface area contributed by atoms with Crippen molar-refractivity contribution in [3.8, 4) is 17.6 Å². The van der Waals surface area contributed by atoms with E-state index in [1.165, 1.54) is 0 Å². The lowest BCUT2D eigenvalue weighted by Gasteiger charge is -2.09. The summed E-state index contributed by atoms with van der Waals surface area (Å²) in [7, 11) is 3.14. The van der Waals surface area contributed by atoms with Crippen LogP contribution in [0.25, 0.3) is 10.9 Å². The zero-order valence-corrected chi connectivity index (χ0v) is 13.9. The summed E-state index contributed by atoms with van der Waals surface area (Å²) in [5.41, 5.74) is 4.98. The molecule has 1 N–H and O–H groups in total. The van der Waals surface area contributed by atoms with E-state index in [2.05, 4.69) is 21.6 Å². The van der Waals surface area contributed by atoms with Crippen molar-refractivity contribution < 1.29 is 9.47 Å². The number of hydrogen-bond acceptors (Lipinski definition) is 6. The van der Waals surface area contributed by atoms with E-state index in [1.807, 2.05) is 30.3 Å². The summed E-state index contributed by atoms with van der Waals surface area (Å²) in [4.78, 5) is 4.48. The molecule has 0 amide bonds. The SMILES string of the molecule is COc1ccc(N/N=C(/C#N)c2ccc3ccccc3n2)c(OC)c1. The summed E-state index contributed by atoms with van der Waals surface area (Å²) in [6, 6.07) is 18.8. The third-order valence-corrected chi connectivity index (χ3v) is 3.64. The van der Waals surface area contributed by atoms with Crippen LogP contribution in [0.15, 0.2) is 59.7 Å². The minimum Gasteiger partial charge on any atom is -0.497 e. The van der Waals surface area contributed by atoms with Crippen LogP contribution in [0, 0.1) is 11.3 Å². The summed E-state index contributed by atoms with van der Waals surface area (Å²) < 4.78 is 10.5. The fourth-order valence-corrected chi connectivity index (χ4v) is 2.34. The van der Waals surface area contributed by atoms with Gasteiger partial charge in [-0.2, -0.15) is 10.4 Å². The molecule has 0 aliphatic carbocycles. The minimum absolute atomic E-state index is 0.184. The zero-order chi connectivity index (χ0) is 17.6. The number of aromatic nitrogens is 1. The van der Waals surface area contributed by atoms with Crippen molar-refractivity contribution in [3.63, 3.8) is 0 Å². The third kappa shape index (κ3) is 3.51. The van der Waals surface area contributed by atoms with Gasteiger partial charge in [0.05, 0.1) is 25.4 Å². The van der Waals surface area contributed by atoms with Crippen LogP contribution in [0.5, 0.6) is 11.5 Å². The highest BCUT2D eigenvalue weighted by Gasteiger charge is 2.08. The Morgan fingerprint density at radius 2 is 1.92 bits per heavy atom. The van der Waals surface area contributed by atoms with E-state index >= 15 is 0 Å². The number of nitrogens with zero attached hydrogens (tertiary/aromatic N) is 3. The Morgan fingerprint density at radius 1 is 1.08 bits per heavy atom. The molecule has 0 aliphatic rings. The van der Waals surface area contributed by atoms with Gasteiger partial charge in [-0.05, 0) is 24.3 Å². The first-order valence-corrected chi connectivity index (χ1v) is 7.57. The highest BCUT2D eigenvalue weighted by Crippen LogP contribution is 2.29. The second-order valence-electron chi connectivity index (χ2n) is 5.14. The zero-order valence-electron chi connectivity index (χ0n) is 13.9. The maximum atomic E-state index is 9.43. The third-order valence-electron chi connectivity index (χ3n) is 3.64. The lowest BCUT2D eigenvalue weighted by atomic mass is 10.2. The van der Waals surface area contributed by atoms with Crippen LogP contribution in [0.3, 0.4) is 0 Å². The summed E-state index contributed by atoms with van der Waals surface area (Å²) in [6.45, 7) is 0. The molecule has 6 nitrogen and oxygen atoms in total. The molecule has 3 aromatic rings. The predicted octanol–water partition coefficient (Wildman–Crippen LogP) is 3.59. The highest BCUT2D eigenvalue weighted by atomic mass is 16.5. The maximum Gasteiger partial charge on any atom is 0.186 e. The second kappa shape index (κ2) is 7.32. The molecule has 25 heavy (non-hydrogen) atoms. The summed E-state index contributed by atoms with van der Waals surface area (Å²) in [6.07, 6.45) is 0. The molecule has 1 aromatic heterocycles. The first kappa shape index (κ1) is 16.3. The van der Waals surface area contributed by atoms with Gasteiger partial charge in [0.15, 0.2) is 5.71 Å². The number of hydrogen-bond donors (Lipinski definition) is 1. The molecule has 6 heteroatoms. The number of fused-ring (bicyclic) bond motifs is 1. The molecule has 0 atom stereocenters. The molecule has 0 aliphatic heterocycles. The number of benzene rings is 2. The molecule has 0 radical (unpaired) electrons. The fourth-order valence-electron chi connectivity index (χ4n) is 2.34. The number of hydrazone groups is 1. The Labute approximate surface area is 145 Å². The summed E-state index contributed by atoms with van der Waals surface area (Å²) in [5.74, 6) is 1.23. The predicted molar refractivity (Wildman–Crippen MR) is 97.1 cm³/mol. The maximum absolute atomic E-state index is 9.43. The van der Waals surface area contributed by atoms with Gasteiger partial charge < -0.3 is 9.47 Å². The molecular formula is C19H16N4O2. The molecule has 0 saturated carbocycles. The van der Waals surface area contributed by atoms with Crippen LogP contribution in [0.2, 0.25) is 0 Å². The number of methoxy groups -OCH3 is 2. The Hall–Kier alpha value is -3.59. The van der Waals surface area contributed by atoms with E-state index in [4.69, 9.17) is 9.47 Å². The van der Waals surface area contributed by atoms with Crippen LogP contribution >= 0.6 is 0 Å². The molecule has 2 aromatic carbocycles. The Morgan fingerprint density at radius 3 is 2.68 bits per heavy atom. The summed E-state index contributed by atoms with van der Waals surface area (Å²) in [5, 5.41) is 14.6. The normalized spacial score (nSPS) is 11.0. The average Bonchev–Trinajstić information content (AvgIpc) is 2.68. The fraction of sp³-hybridized carbons (Fsp3) is 0.105. The minimum atomic E-state index is 0.184. The first-order valence-electron chi connectivity index (χ1n) is 7.57. The number of rotatable bonds is 5. The number of ether oxygens (including phenoxy) is 2. The molecule has 3 rings (SSSR count). The van der Waals surface area contributed by atoms with Crippen molar-refractivity contribution in [1.29, 1.82) is 5.26 Å². The Balaban J connectivity index is 1.91. The molecular weight excluding hydrogens is 316 g/mol. The van der Waals surface area contributed by atoms with Gasteiger partial charge in [-0.15, -0.1) is 0 Å². The van der Waals surface area contributed by atoms with Crippen LogP contribution in [0.4, 0.5) is 5.69 Å². The Kier molecular flexibility index (Phi) is 4.77. The first-order chi connectivity index (χ1) is 12.2. The molecule has 0 spiro atoms. The van der Waals surface area contributed by atoms with Gasteiger partial charge in [-0.3, -0.25) is 5.43 Å². The van der Waals surface area contributed by atoms with E-state index in [0.29, 0.717) is 22.9 Å². The van der Waals surface area contributed by atoms with Gasteiger partial charge in [0.1, 0.15) is 23.3 Å². The molecule has 0 fully saturated rings. The van der Waals surface area contributed by atoms with Gasteiger partial charge in [0.2, 0.25) is 0 Å². The monoisotopic (exact) mass is 332 g/mol. The number of nitriles is 1. The Bertz CT molecular complexity index is 977. The molecule has 0 bridgehead atoms. The van der Waals surface area contributed by atoms with Crippen molar-refractivity contribution in [1.82, 2.24) is 4.98 Å². The lowest BCUT2D eigenvalue weighted by molar-refractivity contribution is 0.395. The number of para-hydroxylation sites is 1. The quantitative estimate of drug-likeness (QED) is 0.570. The van der Waals surface area contributed by atoms with Gasteiger partial charge in [-0.25, -0.2) is 4.98 Å². The van der Waals surface area contributed by atoms with E-state index in [1.54, 1.807) is 38.5 Å². The molecule has 0 unspecified atom stereocenters. The molecule has 1 heterocycles. The highest BCUT2D eigenvalue weighted by molar-refractivity contribution is 6.11. The standard InChI is InChI=1S/C19H16N4O2/c1-24-14-8-10-17(19(11-14)25-2)22-23-18(12-20)16-9-7-13-5-3-4-6-15(13)21-16/h3-11,22H,1-2H3/b23-18-. The number of pyridine rings is 1. The van der Waals surface area contributed by atoms with E-state index < -0.39 is 0 Å². The molecule has 0 saturated heterocycles. The van der Waals surface area contributed by atoms with Crippen molar-refractivity contribution in [2.24, 2.45) is 5.10 Å². The largest absolute Gasteiger partial charge is 0.497 e. The van der Waals surface area contributed by atoms with Crippen LogP contribution in [-0.4, -0.2) is 24.9 Å². The second-order valence-corrected chi connectivity index (χ2v) is 5.14. The van der Waals surface area contributed by atoms with Crippen LogP contribution < -0.4 is 14.9 Å². The van der Waals surface area contributed by atoms with Gasteiger partial charge in [0.25, 0.3) is 0 Å². The van der Waals surface area contributed by atoms with Crippen molar-refractivity contribution in [2.75, 3.05) is 19.6 Å². The van der Waals surface area contributed by atoms with Crippen molar-refractivity contribution >= 4 is 22.3 Å². The lowest BCUT2D eigenvalue weighted by Crippen LogP contribution is -2.05. The van der Waals surface area contributed by atoms with E-state index in [9.17, 15) is 5.26 Å². The number of nitrogens with one attached hydrogen (secondary N) is 1. The van der Waals surface area contributed by atoms with Gasteiger partial charge in [-0.1, -0.05) is 24.3 Å².